The first kappa shape index (κ1) is 15.2. The van der Waals surface area contributed by atoms with Gasteiger partial charge in [0.05, 0.1) is 0 Å². The summed E-state index contributed by atoms with van der Waals surface area (Å²) in [5, 5.41) is 0. The predicted octanol–water partition coefficient (Wildman–Crippen LogP) is 4.82. The Morgan fingerprint density at radius 1 is 1.26 bits per heavy atom. The van der Waals surface area contributed by atoms with Crippen molar-refractivity contribution in [2.45, 2.75) is 27.2 Å². The summed E-state index contributed by atoms with van der Waals surface area (Å²) >= 11 is 0. The number of allylic oxidation sites excluding steroid dienone is 5. The Morgan fingerprint density at radius 2 is 1.89 bits per heavy atom. The maximum absolute atomic E-state index is 12.0. The molecule has 0 spiro atoms. The van der Waals surface area contributed by atoms with Gasteiger partial charge in [0.25, 0.3) is 0 Å². The van der Waals surface area contributed by atoms with Gasteiger partial charge in [-0.05, 0) is 41.2 Å². The van der Waals surface area contributed by atoms with Crippen LogP contribution in [0.2, 0.25) is 0 Å². The number of hydrogen-bond donors (Lipinski definition) is 0. The zero-order chi connectivity index (χ0) is 14.3. The molecule has 0 aliphatic carbocycles. The van der Waals surface area contributed by atoms with Gasteiger partial charge in [-0.1, -0.05) is 63.8 Å². The molecule has 0 atom stereocenters. The summed E-state index contributed by atoms with van der Waals surface area (Å²) in [4.78, 5) is 12.0. The second-order valence-corrected chi connectivity index (χ2v) is 4.88. The van der Waals surface area contributed by atoms with Gasteiger partial charge < -0.3 is 0 Å². The summed E-state index contributed by atoms with van der Waals surface area (Å²) in [6.07, 6.45) is 6.20. The van der Waals surface area contributed by atoms with Crippen molar-refractivity contribution < 1.29 is 4.79 Å². The molecule has 0 N–H and O–H groups in total. The molecule has 1 heteroatoms. The third-order valence-corrected chi connectivity index (χ3v) is 2.82. The molecule has 1 aromatic rings. The van der Waals surface area contributed by atoms with Crippen LogP contribution in [0.5, 0.6) is 0 Å². The fourth-order valence-electron chi connectivity index (χ4n) is 1.68. The molecule has 0 heterocycles. The summed E-state index contributed by atoms with van der Waals surface area (Å²) in [5.74, 6) is 0.465. The van der Waals surface area contributed by atoms with Gasteiger partial charge in [0.2, 0.25) is 0 Å². The van der Waals surface area contributed by atoms with Gasteiger partial charge in [0, 0.05) is 0 Å². The average Bonchev–Trinajstić information content (AvgIpc) is 2.42. The van der Waals surface area contributed by atoms with Crippen molar-refractivity contribution in [3.8, 4) is 0 Å². The SMILES string of the molecule is C=C(/C=C(\CC)C(=O)/C=C/C(C)C)c1ccccc1. The molecule has 100 valence electrons. The van der Waals surface area contributed by atoms with Crippen molar-refractivity contribution in [1.29, 1.82) is 0 Å². The van der Waals surface area contributed by atoms with E-state index in [1.807, 2.05) is 49.4 Å². The smallest absolute Gasteiger partial charge is 0.181 e. The second kappa shape index (κ2) is 7.52. The Bertz CT molecular complexity index is 490. The highest BCUT2D eigenvalue weighted by Crippen LogP contribution is 2.17. The summed E-state index contributed by atoms with van der Waals surface area (Å²) in [6, 6.07) is 9.92. The third kappa shape index (κ3) is 5.09. The minimum absolute atomic E-state index is 0.0771. The molecule has 0 aromatic heterocycles. The molecule has 0 unspecified atom stereocenters. The number of rotatable bonds is 6. The molecule has 0 bridgehead atoms. The van der Waals surface area contributed by atoms with Gasteiger partial charge in [-0.3, -0.25) is 4.79 Å². The lowest BCUT2D eigenvalue weighted by Crippen LogP contribution is -1.99. The Morgan fingerprint density at radius 3 is 2.42 bits per heavy atom. The Balaban J connectivity index is 2.88. The maximum atomic E-state index is 12.0. The predicted molar refractivity (Wildman–Crippen MR) is 82.8 cm³/mol. The van der Waals surface area contributed by atoms with E-state index in [9.17, 15) is 4.79 Å². The first-order valence-corrected chi connectivity index (χ1v) is 6.72. The first-order valence-electron chi connectivity index (χ1n) is 6.72. The van der Waals surface area contributed by atoms with Crippen LogP contribution in [0, 0.1) is 5.92 Å². The monoisotopic (exact) mass is 254 g/mol. The minimum atomic E-state index is 0.0771. The van der Waals surface area contributed by atoms with E-state index >= 15 is 0 Å². The minimum Gasteiger partial charge on any atom is -0.290 e. The van der Waals surface area contributed by atoms with E-state index in [1.165, 1.54) is 0 Å². The lowest BCUT2D eigenvalue weighted by molar-refractivity contribution is -0.111. The van der Waals surface area contributed by atoms with Gasteiger partial charge in [-0.2, -0.15) is 0 Å². The molecule has 0 saturated heterocycles. The molecular weight excluding hydrogens is 232 g/mol. The summed E-state index contributed by atoms with van der Waals surface area (Å²) in [5.41, 5.74) is 2.73. The molecule has 0 saturated carbocycles. The van der Waals surface area contributed by atoms with Crippen LogP contribution in [-0.4, -0.2) is 5.78 Å². The van der Waals surface area contributed by atoms with Crippen LogP contribution >= 0.6 is 0 Å². The van der Waals surface area contributed by atoms with Crippen molar-refractivity contribution in [3.63, 3.8) is 0 Å². The highest BCUT2D eigenvalue weighted by atomic mass is 16.1. The summed E-state index contributed by atoms with van der Waals surface area (Å²) in [7, 11) is 0. The quantitative estimate of drug-likeness (QED) is 0.525. The number of carbonyl (C=O) groups excluding carboxylic acids is 1. The molecule has 0 radical (unpaired) electrons. The highest BCUT2D eigenvalue weighted by Gasteiger charge is 2.05. The molecule has 19 heavy (non-hydrogen) atoms. The van der Waals surface area contributed by atoms with Crippen molar-refractivity contribution in [3.05, 3.63) is 66.3 Å². The van der Waals surface area contributed by atoms with E-state index in [4.69, 9.17) is 0 Å². The van der Waals surface area contributed by atoms with Crippen LogP contribution in [0.3, 0.4) is 0 Å². The topological polar surface area (TPSA) is 17.1 Å². The molecule has 1 rings (SSSR count). The standard InChI is InChI=1S/C18H22O/c1-5-16(18(19)12-11-14(2)3)13-15(4)17-9-7-6-8-10-17/h6-14H,4-5H2,1-3H3/b12-11+,16-13+. The van der Waals surface area contributed by atoms with Crippen molar-refractivity contribution in [2.75, 3.05) is 0 Å². The van der Waals surface area contributed by atoms with Crippen molar-refractivity contribution >= 4 is 11.4 Å². The van der Waals surface area contributed by atoms with Crippen LogP contribution in [0.4, 0.5) is 0 Å². The van der Waals surface area contributed by atoms with Gasteiger partial charge in [0.1, 0.15) is 0 Å². The molecular formula is C18H22O. The molecule has 0 aliphatic heterocycles. The van der Waals surface area contributed by atoms with E-state index in [-0.39, 0.29) is 5.78 Å². The fourth-order valence-corrected chi connectivity index (χ4v) is 1.68. The lowest BCUT2D eigenvalue weighted by atomic mass is 10.00. The normalized spacial score (nSPS) is 12.1. The Hall–Kier alpha value is -1.89. The molecule has 0 amide bonds. The average molecular weight is 254 g/mol. The molecule has 1 aromatic carbocycles. The van der Waals surface area contributed by atoms with Gasteiger partial charge in [0.15, 0.2) is 5.78 Å². The van der Waals surface area contributed by atoms with Crippen LogP contribution in [-0.2, 0) is 4.79 Å². The maximum Gasteiger partial charge on any atom is 0.181 e. The van der Waals surface area contributed by atoms with Crippen molar-refractivity contribution in [2.24, 2.45) is 5.92 Å². The number of benzene rings is 1. The van der Waals surface area contributed by atoms with Gasteiger partial charge in [-0.25, -0.2) is 0 Å². The molecule has 1 nitrogen and oxygen atoms in total. The fraction of sp³-hybridized carbons (Fsp3) is 0.278. The number of hydrogen-bond acceptors (Lipinski definition) is 1. The number of ketones is 1. The zero-order valence-corrected chi connectivity index (χ0v) is 12.0. The Labute approximate surface area is 116 Å². The molecule has 0 fully saturated rings. The number of carbonyl (C=O) groups is 1. The largest absolute Gasteiger partial charge is 0.290 e. The van der Waals surface area contributed by atoms with Crippen LogP contribution < -0.4 is 0 Å². The van der Waals surface area contributed by atoms with Crippen LogP contribution in [0.1, 0.15) is 32.8 Å². The zero-order valence-electron chi connectivity index (χ0n) is 12.0. The van der Waals surface area contributed by atoms with Crippen molar-refractivity contribution in [1.82, 2.24) is 0 Å². The lowest BCUT2D eigenvalue weighted by Gasteiger charge is -2.04. The van der Waals surface area contributed by atoms with Crippen LogP contribution in [0.15, 0.2) is 60.7 Å². The summed E-state index contributed by atoms with van der Waals surface area (Å²) < 4.78 is 0. The van der Waals surface area contributed by atoms with E-state index in [1.54, 1.807) is 6.08 Å². The molecule has 0 aliphatic rings. The Kier molecular flexibility index (Phi) is 6.01. The van der Waals surface area contributed by atoms with Gasteiger partial charge in [-0.15, -0.1) is 0 Å². The van der Waals surface area contributed by atoms with E-state index in [2.05, 4.69) is 20.4 Å². The van der Waals surface area contributed by atoms with E-state index in [0.29, 0.717) is 12.3 Å². The van der Waals surface area contributed by atoms with Crippen LogP contribution in [0.25, 0.3) is 5.57 Å². The summed E-state index contributed by atoms with van der Waals surface area (Å²) in [6.45, 7) is 10.1. The van der Waals surface area contributed by atoms with Gasteiger partial charge >= 0.3 is 0 Å². The second-order valence-electron chi connectivity index (χ2n) is 4.88. The van der Waals surface area contributed by atoms with E-state index in [0.717, 1.165) is 16.7 Å². The highest BCUT2D eigenvalue weighted by molar-refractivity contribution is 6.05. The van der Waals surface area contributed by atoms with E-state index < -0.39 is 0 Å². The first-order chi connectivity index (χ1) is 9.04. The third-order valence-electron chi connectivity index (χ3n) is 2.82.